The first kappa shape index (κ1) is 18.8. The van der Waals surface area contributed by atoms with Crippen LogP contribution < -0.4 is 0 Å². The second-order valence-electron chi connectivity index (χ2n) is 5.12. The first-order valence-corrected chi connectivity index (χ1v) is 9.32. The van der Waals surface area contributed by atoms with Crippen LogP contribution in [0.25, 0.3) is 0 Å². The summed E-state index contributed by atoms with van der Waals surface area (Å²) in [5.41, 5.74) is 0. The van der Waals surface area contributed by atoms with Gasteiger partial charge in [-0.1, -0.05) is 26.2 Å². The van der Waals surface area contributed by atoms with Gasteiger partial charge in [-0.3, -0.25) is 0 Å². The van der Waals surface area contributed by atoms with Crippen LogP contribution in [0.4, 0.5) is 13.2 Å². The van der Waals surface area contributed by atoms with Crippen molar-refractivity contribution in [1.82, 2.24) is 0 Å². The third-order valence-electron chi connectivity index (χ3n) is 1.07. The number of carbonyl (C=O) groups is 1. The van der Waals surface area contributed by atoms with Crippen molar-refractivity contribution in [2.75, 3.05) is 13.2 Å². The number of hydrogen-bond acceptors (Lipinski definition) is 2. The molecule has 0 atom stereocenters. The highest BCUT2D eigenvalue weighted by molar-refractivity contribution is 6.74. The SMILES string of the molecule is C1CCOC1.C[Si](C)(C)C.O=C(O)C(F)(F)F. The summed E-state index contributed by atoms with van der Waals surface area (Å²) in [6.07, 6.45) is -2.53. The molecule has 1 saturated heterocycles. The number of rotatable bonds is 0. The lowest BCUT2D eigenvalue weighted by molar-refractivity contribution is -0.192. The number of carboxylic acids is 1. The minimum absolute atomic E-state index is 0.611. The average molecular weight is 274 g/mol. The van der Waals surface area contributed by atoms with E-state index in [-0.39, 0.29) is 0 Å². The number of halogens is 3. The van der Waals surface area contributed by atoms with Crippen molar-refractivity contribution < 1.29 is 27.8 Å². The smallest absolute Gasteiger partial charge is 0.475 e. The van der Waals surface area contributed by atoms with Crippen molar-refractivity contribution >= 4 is 14.0 Å². The Morgan fingerprint density at radius 2 is 1.35 bits per heavy atom. The lowest BCUT2D eigenvalue weighted by atomic mass is 10.4. The van der Waals surface area contributed by atoms with E-state index in [9.17, 15) is 13.2 Å². The van der Waals surface area contributed by atoms with Crippen molar-refractivity contribution in [1.29, 1.82) is 0 Å². The Balaban J connectivity index is 0. The quantitative estimate of drug-likeness (QED) is 0.689. The maximum Gasteiger partial charge on any atom is 0.490 e. The summed E-state index contributed by atoms with van der Waals surface area (Å²) in [7, 11) is -0.611. The molecule has 0 amide bonds. The molecule has 0 aromatic heterocycles. The van der Waals surface area contributed by atoms with Gasteiger partial charge in [0.1, 0.15) is 0 Å². The van der Waals surface area contributed by atoms with Crippen molar-refractivity contribution in [3.05, 3.63) is 0 Å². The molecule has 0 aromatic rings. The van der Waals surface area contributed by atoms with Gasteiger partial charge in [0, 0.05) is 21.3 Å². The van der Waals surface area contributed by atoms with Crippen LogP contribution in [0.1, 0.15) is 12.8 Å². The van der Waals surface area contributed by atoms with Gasteiger partial charge in [0.25, 0.3) is 0 Å². The van der Waals surface area contributed by atoms with Crippen LogP contribution in [0, 0.1) is 0 Å². The zero-order valence-corrected chi connectivity index (χ0v) is 11.7. The zero-order valence-electron chi connectivity index (χ0n) is 10.7. The maximum atomic E-state index is 10.6. The lowest BCUT2D eigenvalue weighted by Crippen LogP contribution is -2.21. The fourth-order valence-corrected chi connectivity index (χ4v) is 0.510. The van der Waals surface area contributed by atoms with Gasteiger partial charge in [-0.2, -0.15) is 13.2 Å². The molecule has 0 aliphatic carbocycles. The van der Waals surface area contributed by atoms with Crippen LogP contribution in [-0.2, 0) is 9.53 Å². The minimum Gasteiger partial charge on any atom is -0.475 e. The fourth-order valence-electron chi connectivity index (χ4n) is 0.510. The van der Waals surface area contributed by atoms with Crippen molar-refractivity contribution in [2.45, 2.75) is 45.2 Å². The molecule has 3 nitrogen and oxygen atoms in total. The highest BCUT2D eigenvalue weighted by Gasteiger charge is 2.38. The van der Waals surface area contributed by atoms with Crippen LogP contribution in [0.2, 0.25) is 26.2 Å². The number of hydrogen-bond donors (Lipinski definition) is 1. The van der Waals surface area contributed by atoms with Crippen LogP contribution in [0.5, 0.6) is 0 Å². The fraction of sp³-hybridized carbons (Fsp3) is 0.900. The molecular weight excluding hydrogens is 253 g/mol. The van der Waals surface area contributed by atoms with Crippen LogP contribution >= 0.6 is 0 Å². The molecule has 0 radical (unpaired) electrons. The Morgan fingerprint density at radius 1 is 1.12 bits per heavy atom. The molecule has 0 saturated carbocycles. The Labute approximate surface area is 101 Å². The first-order chi connectivity index (χ1) is 7.44. The molecule has 0 aromatic carbocycles. The van der Waals surface area contributed by atoms with Crippen LogP contribution in [-0.4, -0.2) is 38.5 Å². The number of carboxylic acid groups (broad SMARTS) is 1. The van der Waals surface area contributed by atoms with E-state index < -0.39 is 20.2 Å². The van der Waals surface area contributed by atoms with Gasteiger partial charge in [-0.05, 0) is 12.8 Å². The topological polar surface area (TPSA) is 46.5 Å². The van der Waals surface area contributed by atoms with E-state index in [0.29, 0.717) is 0 Å². The van der Waals surface area contributed by atoms with E-state index in [1.165, 1.54) is 12.8 Å². The summed E-state index contributed by atoms with van der Waals surface area (Å²) in [5, 5.41) is 7.12. The lowest BCUT2D eigenvalue weighted by Gasteiger charge is -2.01. The Bertz CT molecular complexity index is 194. The van der Waals surface area contributed by atoms with E-state index in [2.05, 4.69) is 26.2 Å². The number of aliphatic carboxylic acids is 1. The Kier molecular flexibility index (Phi) is 9.41. The predicted octanol–water partition coefficient (Wildman–Crippen LogP) is 3.38. The van der Waals surface area contributed by atoms with Gasteiger partial charge in [0.05, 0.1) is 0 Å². The Hall–Kier alpha value is -0.563. The third-order valence-corrected chi connectivity index (χ3v) is 1.07. The number of ether oxygens (including phenoxy) is 1. The molecule has 0 spiro atoms. The van der Waals surface area contributed by atoms with Crippen molar-refractivity contribution in [2.24, 2.45) is 0 Å². The van der Waals surface area contributed by atoms with Gasteiger partial charge >= 0.3 is 12.1 Å². The summed E-state index contributed by atoms with van der Waals surface area (Å²) in [5.74, 6) is -2.76. The summed E-state index contributed by atoms with van der Waals surface area (Å²) in [6.45, 7) is 11.3. The largest absolute Gasteiger partial charge is 0.490 e. The molecule has 1 fully saturated rings. The van der Waals surface area contributed by atoms with E-state index in [1.807, 2.05) is 0 Å². The molecule has 1 heterocycles. The summed E-state index contributed by atoms with van der Waals surface area (Å²) >= 11 is 0. The molecule has 1 aliphatic rings. The zero-order chi connectivity index (χ0) is 14.1. The molecule has 7 heteroatoms. The molecule has 17 heavy (non-hydrogen) atoms. The minimum atomic E-state index is -5.08. The average Bonchev–Trinajstić information content (AvgIpc) is 2.54. The highest BCUT2D eigenvalue weighted by atomic mass is 28.3. The third kappa shape index (κ3) is 25.6. The van der Waals surface area contributed by atoms with Gasteiger partial charge in [0.15, 0.2) is 0 Å². The first-order valence-electron chi connectivity index (χ1n) is 5.32. The number of alkyl halides is 3. The molecule has 104 valence electrons. The van der Waals surface area contributed by atoms with E-state index in [4.69, 9.17) is 14.6 Å². The molecule has 1 aliphatic heterocycles. The van der Waals surface area contributed by atoms with Crippen LogP contribution in [0.15, 0.2) is 0 Å². The summed E-state index contributed by atoms with van der Waals surface area (Å²) < 4.78 is 36.7. The monoisotopic (exact) mass is 274 g/mol. The van der Waals surface area contributed by atoms with Gasteiger partial charge < -0.3 is 9.84 Å². The molecular formula is C10H21F3O3Si. The van der Waals surface area contributed by atoms with Crippen LogP contribution in [0.3, 0.4) is 0 Å². The molecule has 0 unspecified atom stereocenters. The van der Waals surface area contributed by atoms with E-state index in [1.54, 1.807) is 0 Å². The van der Waals surface area contributed by atoms with E-state index in [0.717, 1.165) is 13.2 Å². The highest BCUT2D eigenvalue weighted by Crippen LogP contribution is 2.13. The maximum absolute atomic E-state index is 10.6. The van der Waals surface area contributed by atoms with Gasteiger partial charge in [-0.15, -0.1) is 0 Å². The standard InChI is InChI=1S/C4H8O.C4H12Si.C2HF3O2/c1-2-4-5-3-1;1-5(2,3)4;3-2(4,5)1(6)7/h1-4H2;1-4H3;(H,6,7). The van der Waals surface area contributed by atoms with Crippen molar-refractivity contribution in [3.8, 4) is 0 Å². The second-order valence-corrected chi connectivity index (χ2v) is 11.1. The molecule has 1 rings (SSSR count). The van der Waals surface area contributed by atoms with Crippen molar-refractivity contribution in [3.63, 3.8) is 0 Å². The summed E-state index contributed by atoms with van der Waals surface area (Å²) in [6, 6.07) is 0. The summed E-state index contributed by atoms with van der Waals surface area (Å²) in [4.78, 5) is 8.90. The van der Waals surface area contributed by atoms with Gasteiger partial charge in [-0.25, -0.2) is 4.79 Å². The predicted molar refractivity (Wildman–Crippen MR) is 63.0 cm³/mol. The van der Waals surface area contributed by atoms with Gasteiger partial charge in [0.2, 0.25) is 0 Å². The molecule has 1 N–H and O–H groups in total. The van der Waals surface area contributed by atoms with E-state index >= 15 is 0 Å². The molecule has 0 bridgehead atoms. The normalized spacial score (nSPS) is 15.2. The second kappa shape index (κ2) is 8.52. The Morgan fingerprint density at radius 3 is 1.41 bits per heavy atom.